The molecule has 0 saturated carbocycles. The number of carbonyl (C=O) groups excluding carboxylic acids is 1. The first kappa shape index (κ1) is 11.7. The maximum atomic E-state index is 11.6. The number of hydrogen-bond donors (Lipinski definition) is 1. The summed E-state index contributed by atoms with van der Waals surface area (Å²) < 4.78 is 5.02. The van der Waals surface area contributed by atoms with Gasteiger partial charge in [-0.1, -0.05) is 6.92 Å². The van der Waals surface area contributed by atoms with Gasteiger partial charge in [-0.05, 0) is 37.2 Å². The van der Waals surface area contributed by atoms with Gasteiger partial charge in [-0.25, -0.2) is 0 Å². The van der Waals surface area contributed by atoms with E-state index in [1.165, 1.54) is 0 Å². The van der Waals surface area contributed by atoms with Gasteiger partial charge in [0.2, 0.25) is 0 Å². The molecule has 3 nitrogen and oxygen atoms in total. The van der Waals surface area contributed by atoms with Crippen LogP contribution in [-0.2, 0) is 0 Å². The summed E-state index contributed by atoms with van der Waals surface area (Å²) in [6.45, 7) is 3.35. The topological polar surface area (TPSA) is 38.3 Å². The third kappa shape index (κ3) is 3.72. The molecule has 0 saturated heterocycles. The number of ketones is 1. The first-order chi connectivity index (χ1) is 7.27. The van der Waals surface area contributed by atoms with Crippen LogP contribution >= 0.6 is 0 Å². The van der Waals surface area contributed by atoms with Crippen molar-refractivity contribution in [2.75, 3.05) is 20.2 Å². The lowest BCUT2D eigenvalue weighted by Gasteiger charge is -2.03. The Morgan fingerprint density at radius 2 is 2.00 bits per heavy atom. The number of carbonyl (C=O) groups is 1. The smallest absolute Gasteiger partial charge is 0.176 e. The van der Waals surface area contributed by atoms with Crippen molar-refractivity contribution in [1.29, 1.82) is 0 Å². The van der Waals surface area contributed by atoms with Crippen LogP contribution in [0.3, 0.4) is 0 Å². The van der Waals surface area contributed by atoms with Crippen molar-refractivity contribution in [2.24, 2.45) is 0 Å². The average molecular weight is 207 g/mol. The van der Waals surface area contributed by atoms with Gasteiger partial charge in [0.15, 0.2) is 5.78 Å². The van der Waals surface area contributed by atoms with Gasteiger partial charge >= 0.3 is 0 Å². The Hall–Kier alpha value is -1.35. The molecule has 1 rings (SSSR count). The molecule has 0 fully saturated rings. The maximum absolute atomic E-state index is 11.6. The lowest BCUT2D eigenvalue weighted by molar-refractivity contribution is 0.0991. The van der Waals surface area contributed by atoms with Gasteiger partial charge in [-0.15, -0.1) is 0 Å². The Morgan fingerprint density at radius 1 is 1.33 bits per heavy atom. The number of Topliss-reactive ketones (excluding diaryl/α,β-unsaturated/α-hetero) is 1. The normalized spacial score (nSPS) is 10.0. The fraction of sp³-hybridized carbons (Fsp3) is 0.417. The Bertz CT molecular complexity index is 306. The second-order valence-electron chi connectivity index (χ2n) is 3.33. The Balaban J connectivity index is 2.50. The van der Waals surface area contributed by atoms with E-state index in [-0.39, 0.29) is 5.78 Å². The SMILES string of the molecule is CCCNCC(=O)c1ccc(OC)cc1. The van der Waals surface area contributed by atoms with E-state index < -0.39 is 0 Å². The highest BCUT2D eigenvalue weighted by Crippen LogP contribution is 2.11. The summed E-state index contributed by atoms with van der Waals surface area (Å²) in [7, 11) is 1.61. The van der Waals surface area contributed by atoms with Crippen LogP contribution in [-0.4, -0.2) is 26.0 Å². The van der Waals surface area contributed by atoms with Crippen molar-refractivity contribution >= 4 is 5.78 Å². The number of nitrogens with one attached hydrogen (secondary N) is 1. The largest absolute Gasteiger partial charge is 0.497 e. The molecule has 0 aliphatic rings. The highest BCUT2D eigenvalue weighted by molar-refractivity contribution is 5.97. The third-order valence-electron chi connectivity index (χ3n) is 2.12. The molecule has 0 aliphatic heterocycles. The van der Waals surface area contributed by atoms with Crippen LogP contribution in [0.1, 0.15) is 23.7 Å². The first-order valence-electron chi connectivity index (χ1n) is 5.16. The summed E-state index contributed by atoms with van der Waals surface area (Å²) in [5.41, 5.74) is 0.722. The van der Waals surface area contributed by atoms with Gasteiger partial charge in [-0.2, -0.15) is 0 Å². The molecule has 1 aromatic carbocycles. The monoisotopic (exact) mass is 207 g/mol. The van der Waals surface area contributed by atoms with Crippen LogP contribution in [0.5, 0.6) is 5.75 Å². The number of methoxy groups -OCH3 is 1. The minimum Gasteiger partial charge on any atom is -0.497 e. The van der Waals surface area contributed by atoms with Crippen molar-refractivity contribution < 1.29 is 9.53 Å². The molecule has 0 amide bonds. The van der Waals surface area contributed by atoms with Gasteiger partial charge in [-0.3, -0.25) is 4.79 Å². The summed E-state index contributed by atoms with van der Waals surface area (Å²) >= 11 is 0. The Morgan fingerprint density at radius 3 is 2.53 bits per heavy atom. The molecule has 0 aliphatic carbocycles. The summed E-state index contributed by atoms with van der Waals surface area (Å²) in [5.74, 6) is 0.888. The van der Waals surface area contributed by atoms with Gasteiger partial charge in [0.1, 0.15) is 5.75 Å². The minimum absolute atomic E-state index is 0.117. The molecule has 0 bridgehead atoms. The van der Waals surface area contributed by atoms with Crippen LogP contribution in [0.25, 0.3) is 0 Å². The van der Waals surface area contributed by atoms with E-state index in [0.717, 1.165) is 24.3 Å². The zero-order valence-corrected chi connectivity index (χ0v) is 9.25. The molecule has 0 spiro atoms. The molecule has 1 aromatic rings. The Kier molecular flexibility index (Phi) is 4.84. The van der Waals surface area contributed by atoms with E-state index >= 15 is 0 Å². The summed E-state index contributed by atoms with van der Waals surface area (Å²) in [5, 5.41) is 3.08. The van der Waals surface area contributed by atoms with Crippen LogP contribution < -0.4 is 10.1 Å². The van der Waals surface area contributed by atoms with Gasteiger partial charge in [0.25, 0.3) is 0 Å². The standard InChI is InChI=1S/C12H17NO2/c1-3-8-13-9-12(14)10-4-6-11(15-2)7-5-10/h4-7,13H,3,8-9H2,1-2H3. The van der Waals surface area contributed by atoms with E-state index in [1.54, 1.807) is 31.4 Å². The second-order valence-corrected chi connectivity index (χ2v) is 3.33. The van der Waals surface area contributed by atoms with Crippen LogP contribution in [0.2, 0.25) is 0 Å². The quantitative estimate of drug-likeness (QED) is 0.571. The highest BCUT2D eigenvalue weighted by atomic mass is 16.5. The molecule has 3 heteroatoms. The van der Waals surface area contributed by atoms with E-state index in [2.05, 4.69) is 12.2 Å². The molecule has 82 valence electrons. The van der Waals surface area contributed by atoms with Crippen LogP contribution in [0.15, 0.2) is 24.3 Å². The molecule has 0 atom stereocenters. The summed E-state index contributed by atoms with van der Waals surface area (Å²) in [4.78, 5) is 11.6. The highest BCUT2D eigenvalue weighted by Gasteiger charge is 2.04. The fourth-order valence-electron chi connectivity index (χ4n) is 1.26. The fourth-order valence-corrected chi connectivity index (χ4v) is 1.26. The molecule has 0 unspecified atom stereocenters. The van der Waals surface area contributed by atoms with Gasteiger partial charge < -0.3 is 10.1 Å². The average Bonchev–Trinajstić information content (AvgIpc) is 2.29. The van der Waals surface area contributed by atoms with Crippen molar-refractivity contribution in [1.82, 2.24) is 5.32 Å². The molecular weight excluding hydrogens is 190 g/mol. The first-order valence-corrected chi connectivity index (χ1v) is 5.16. The van der Waals surface area contributed by atoms with E-state index in [0.29, 0.717) is 6.54 Å². The third-order valence-corrected chi connectivity index (χ3v) is 2.12. The van der Waals surface area contributed by atoms with Crippen molar-refractivity contribution in [3.63, 3.8) is 0 Å². The molecule has 0 aromatic heterocycles. The predicted molar refractivity (Wildman–Crippen MR) is 60.5 cm³/mol. The summed E-state index contributed by atoms with van der Waals surface area (Å²) in [6.07, 6.45) is 1.04. The van der Waals surface area contributed by atoms with Crippen molar-refractivity contribution in [3.8, 4) is 5.75 Å². The van der Waals surface area contributed by atoms with Crippen molar-refractivity contribution in [3.05, 3.63) is 29.8 Å². The van der Waals surface area contributed by atoms with Crippen molar-refractivity contribution in [2.45, 2.75) is 13.3 Å². The Labute approximate surface area is 90.4 Å². The van der Waals surface area contributed by atoms with E-state index in [1.807, 2.05) is 0 Å². The molecule has 0 radical (unpaired) electrons. The lowest BCUT2D eigenvalue weighted by Crippen LogP contribution is -2.23. The van der Waals surface area contributed by atoms with Gasteiger partial charge in [0.05, 0.1) is 13.7 Å². The zero-order chi connectivity index (χ0) is 11.1. The molecule has 15 heavy (non-hydrogen) atoms. The maximum Gasteiger partial charge on any atom is 0.176 e. The number of rotatable bonds is 6. The van der Waals surface area contributed by atoms with E-state index in [4.69, 9.17) is 4.74 Å². The predicted octanol–water partition coefficient (Wildman–Crippen LogP) is 1.88. The molecular formula is C12H17NO2. The minimum atomic E-state index is 0.117. The molecule has 1 N–H and O–H groups in total. The van der Waals surface area contributed by atoms with Crippen LogP contribution in [0.4, 0.5) is 0 Å². The van der Waals surface area contributed by atoms with Crippen LogP contribution in [0, 0.1) is 0 Å². The second kappa shape index (κ2) is 6.19. The van der Waals surface area contributed by atoms with E-state index in [9.17, 15) is 4.79 Å². The summed E-state index contributed by atoms with van der Waals surface area (Å²) in [6, 6.07) is 7.17. The number of hydrogen-bond acceptors (Lipinski definition) is 3. The lowest BCUT2D eigenvalue weighted by atomic mass is 10.1. The number of benzene rings is 1. The van der Waals surface area contributed by atoms with Gasteiger partial charge in [0, 0.05) is 5.56 Å². The number of ether oxygens (including phenoxy) is 1. The molecule has 0 heterocycles. The zero-order valence-electron chi connectivity index (χ0n) is 9.25.